The highest BCUT2D eigenvalue weighted by atomic mass is 32.2. The summed E-state index contributed by atoms with van der Waals surface area (Å²) < 4.78 is 15.8. The van der Waals surface area contributed by atoms with E-state index in [2.05, 4.69) is 34.9 Å². The molecule has 0 aliphatic carbocycles. The summed E-state index contributed by atoms with van der Waals surface area (Å²) in [6.07, 6.45) is 0. The SMILES string of the molecule is CC(C)[C@H]([NH3+])c1nnc2sc(SCc3cccc(F)c3)nn12. The van der Waals surface area contributed by atoms with Gasteiger partial charge in [0.15, 0.2) is 4.34 Å². The van der Waals surface area contributed by atoms with Crippen LogP contribution in [0.1, 0.15) is 31.3 Å². The zero-order valence-electron chi connectivity index (χ0n) is 12.4. The van der Waals surface area contributed by atoms with E-state index in [9.17, 15) is 4.39 Å². The number of quaternary nitrogens is 1. The second-order valence-electron chi connectivity index (χ2n) is 5.39. The molecule has 0 fully saturated rings. The van der Waals surface area contributed by atoms with Crippen molar-refractivity contribution in [2.75, 3.05) is 0 Å². The van der Waals surface area contributed by atoms with E-state index in [1.165, 1.54) is 17.4 Å². The molecular weight excluding hydrogens is 321 g/mol. The summed E-state index contributed by atoms with van der Waals surface area (Å²) >= 11 is 3.06. The van der Waals surface area contributed by atoms with Gasteiger partial charge in [0, 0.05) is 11.7 Å². The van der Waals surface area contributed by atoms with Gasteiger partial charge in [0.25, 0.3) is 0 Å². The third-order valence-corrected chi connectivity index (χ3v) is 5.49. The van der Waals surface area contributed by atoms with Crippen LogP contribution in [0.2, 0.25) is 0 Å². The van der Waals surface area contributed by atoms with E-state index in [0.29, 0.717) is 11.7 Å². The summed E-state index contributed by atoms with van der Waals surface area (Å²) in [7, 11) is 0. The van der Waals surface area contributed by atoms with Crippen molar-refractivity contribution in [3.63, 3.8) is 0 Å². The highest BCUT2D eigenvalue weighted by molar-refractivity contribution is 8.00. The zero-order valence-corrected chi connectivity index (χ0v) is 14.0. The maximum Gasteiger partial charge on any atom is 0.235 e. The molecule has 2 heterocycles. The molecule has 1 aromatic carbocycles. The largest absolute Gasteiger partial charge is 0.348 e. The summed E-state index contributed by atoms with van der Waals surface area (Å²) in [5, 5.41) is 12.9. The number of hydrogen-bond donors (Lipinski definition) is 1. The highest BCUT2D eigenvalue weighted by Gasteiger charge is 2.23. The number of halogens is 1. The van der Waals surface area contributed by atoms with Crippen molar-refractivity contribution in [3.05, 3.63) is 41.5 Å². The Morgan fingerprint density at radius 2 is 2.18 bits per heavy atom. The van der Waals surface area contributed by atoms with Gasteiger partial charge in [-0.05, 0) is 17.7 Å². The molecule has 0 unspecified atom stereocenters. The Hall–Kier alpha value is -1.51. The third-order valence-electron chi connectivity index (χ3n) is 3.38. The molecule has 0 amide bonds. The van der Waals surface area contributed by atoms with E-state index in [1.807, 2.05) is 6.07 Å². The van der Waals surface area contributed by atoms with Gasteiger partial charge >= 0.3 is 0 Å². The van der Waals surface area contributed by atoms with Crippen LogP contribution in [0.4, 0.5) is 4.39 Å². The van der Waals surface area contributed by atoms with Crippen LogP contribution in [0.25, 0.3) is 4.96 Å². The van der Waals surface area contributed by atoms with E-state index in [-0.39, 0.29) is 11.9 Å². The van der Waals surface area contributed by atoms with Crippen LogP contribution in [0.3, 0.4) is 0 Å². The van der Waals surface area contributed by atoms with Gasteiger partial charge in [-0.15, -0.1) is 15.3 Å². The summed E-state index contributed by atoms with van der Waals surface area (Å²) in [6, 6.07) is 6.68. The molecule has 0 bridgehead atoms. The minimum Gasteiger partial charge on any atom is -0.348 e. The summed E-state index contributed by atoms with van der Waals surface area (Å²) in [5.74, 6) is 1.63. The molecule has 0 spiro atoms. The quantitative estimate of drug-likeness (QED) is 0.726. The molecule has 0 aliphatic heterocycles. The van der Waals surface area contributed by atoms with Crippen LogP contribution in [-0.4, -0.2) is 19.8 Å². The molecule has 0 saturated heterocycles. The smallest absolute Gasteiger partial charge is 0.235 e. The van der Waals surface area contributed by atoms with E-state index >= 15 is 0 Å². The first-order chi connectivity index (χ1) is 10.5. The number of nitrogens with zero attached hydrogens (tertiary/aromatic N) is 4. The van der Waals surface area contributed by atoms with Gasteiger partial charge in [-0.1, -0.05) is 49.1 Å². The first kappa shape index (κ1) is 15.4. The fraction of sp³-hybridized carbons (Fsp3) is 0.357. The molecule has 2 aromatic heterocycles. The molecule has 0 aliphatic rings. The molecule has 3 aromatic rings. The second kappa shape index (κ2) is 6.31. The summed E-state index contributed by atoms with van der Waals surface area (Å²) in [6.45, 7) is 4.20. The van der Waals surface area contributed by atoms with Crippen LogP contribution >= 0.6 is 23.1 Å². The van der Waals surface area contributed by atoms with Crippen molar-refractivity contribution >= 4 is 28.1 Å². The highest BCUT2D eigenvalue weighted by Crippen LogP contribution is 2.28. The number of aromatic nitrogens is 4. The first-order valence-corrected chi connectivity index (χ1v) is 8.77. The van der Waals surface area contributed by atoms with Crippen LogP contribution in [0.5, 0.6) is 0 Å². The van der Waals surface area contributed by atoms with E-state index < -0.39 is 0 Å². The second-order valence-corrected chi connectivity index (χ2v) is 7.57. The number of fused-ring (bicyclic) bond motifs is 1. The Labute approximate surface area is 135 Å². The van der Waals surface area contributed by atoms with Gasteiger partial charge in [0.2, 0.25) is 10.8 Å². The zero-order chi connectivity index (χ0) is 15.7. The molecule has 5 nitrogen and oxygen atoms in total. The van der Waals surface area contributed by atoms with Gasteiger partial charge in [-0.3, -0.25) is 0 Å². The summed E-state index contributed by atoms with van der Waals surface area (Å²) in [4.78, 5) is 0.769. The van der Waals surface area contributed by atoms with Crippen molar-refractivity contribution in [2.24, 2.45) is 5.92 Å². The molecule has 116 valence electrons. The fourth-order valence-electron chi connectivity index (χ4n) is 1.97. The van der Waals surface area contributed by atoms with Gasteiger partial charge in [0.05, 0.1) is 0 Å². The third kappa shape index (κ3) is 3.13. The molecule has 0 saturated carbocycles. The number of thioether (sulfide) groups is 1. The maximum atomic E-state index is 13.2. The lowest BCUT2D eigenvalue weighted by molar-refractivity contribution is -0.440. The Kier molecular flexibility index (Phi) is 4.42. The van der Waals surface area contributed by atoms with Crippen molar-refractivity contribution in [1.82, 2.24) is 19.8 Å². The Morgan fingerprint density at radius 3 is 2.91 bits per heavy atom. The van der Waals surface area contributed by atoms with Crippen molar-refractivity contribution < 1.29 is 10.1 Å². The van der Waals surface area contributed by atoms with Gasteiger partial charge in [-0.2, -0.15) is 4.52 Å². The first-order valence-electron chi connectivity index (χ1n) is 6.97. The van der Waals surface area contributed by atoms with Gasteiger partial charge in [-0.25, -0.2) is 4.39 Å². The average Bonchev–Trinajstić information content (AvgIpc) is 3.04. The monoisotopic (exact) mass is 338 g/mol. The Balaban J connectivity index is 1.78. The number of rotatable bonds is 5. The van der Waals surface area contributed by atoms with Crippen LogP contribution in [0, 0.1) is 11.7 Å². The lowest BCUT2D eigenvalue weighted by Crippen LogP contribution is -2.56. The van der Waals surface area contributed by atoms with Crippen LogP contribution in [0.15, 0.2) is 28.6 Å². The van der Waals surface area contributed by atoms with Crippen LogP contribution < -0.4 is 5.73 Å². The maximum absolute atomic E-state index is 13.2. The molecular formula is C14H17FN5S2+. The Morgan fingerprint density at radius 1 is 1.36 bits per heavy atom. The summed E-state index contributed by atoms with van der Waals surface area (Å²) in [5.41, 5.74) is 5.07. The molecule has 3 N–H and O–H groups in total. The van der Waals surface area contributed by atoms with Crippen molar-refractivity contribution in [2.45, 2.75) is 30.0 Å². The minimum atomic E-state index is -0.213. The Bertz CT molecular complexity index is 782. The molecule has 22 heavy (non-hydrogen) atoms. The predicted octanol–water partition coefficient (Wildman–Crippen LogP) is 2.56. The topological polar surface area (TPSA) is 70.7 Å². The number of benzene rings is 1. The van der Waals surface area contributed by atoms with E-state index in [1.54, 1.807) is 28.4 Å². The average molecular weight is 338 g/mol. The van der Waals surface area contributed by atoms with Crippen molar-refractivity contribution in [3.8, 4) is 0 Å². The predicted molar refractivity (Wildman–Crippen MR) is 85.1 cm³/mol. The number of hydrogen-bond acceptors (Lipinski definition) is 5. The molecule has 1 atom stereocenters. The lowest BCUT2D eigenvalue weighted by Gasteiger charge is -2.08. The minimum absolute atomic E-state index is 0.0539. The lowest BCUT2D eigenvalue weighted by atomic mass is 10.1. The van der Waals surface area contributed by atoms with E-state index in [4.69, 9.17) is 0 Å². The van der Waals surface area contributed by atoms with Crippen LogP contribution in [-0.2, 0) is 5.75 Å². The van der Waals surface area contributed by atoms with Gasteiger partial charge < -0.3 is 5.73 Å². The fourth-order valence-corrected chi connectivity index (χ4v) is 3.80. The molecule has 8 heteroatoms. The van der Waals surface area contributed by atoms with Gasteiger partial charge in [0.1, 0.15) is 11.9 Å². The standard InChI is InChI=1S/C14H16FN5S2/c1-8(2)11(16)12-17-18-13-20(12)19-14(22-13)21-7-9-4-3-5-10(15)6-9/h3-6,8,11H,7,16H2,1-2H3/p+1/t11-/m0/s1. The van der Waals surface area contributed by atoms with Crippen molar-refractivity contribution in [1.29, 1.82) is 0 Å². The molecule has 0 radical (unpaired) electrons. The normalized spacial score (nSPS) is 13.1. The molecule has 3 rings (SSSR count). The van der Waals surface area contributed by atoms with E-state index in [0.717, 1.165) is 20.7 Å².